The number of halogens is 2. The maximum atomic E-state index is 12.9. The lowest BCUT2D eigenvalue weighted by Crippen LogP contribution is -2.26. The minimum Gasteiger partial charge on any atom is -0.314 e. The van der Waals surface area contributed by atoms with E-state index in [4.69, 9.17) is 0 Å². The number of hydrogen-bond acceptors (Lipinski definition) is 3. The van der Waals surface area contributed by atoms with Crippen molar-refractivity contribution in [2.45, 2.75) is 6.42 Å². The summed E-state index contributed by atoms with van der Waals surface area (Å²) in [6.45, 7) is 0. The standard InChI is InChI=1S/C13H11BrFN3O2/c1-18-5-4-16-12(13(18)20)17-11(19)6-8-2-3-9(15)7-10(8)14/h2-5,7H,6H2,1H3,(H,16,17,19). The van der Waals surface area contributed by atoms with E-state index in [9.17, 15) is 14.0 Å². The molecule has 7 heteroatoms. The largest absolute Gasteiger partial charge is 0.314 e. The molecular formula is C13H11BrFN3O2. The van der Waals surface area contributed by atoms with Crippen molar-refractivity contribution in [2.24, 2.45) is 7.05 Å². The van der Waals surface area contributed by atoms with E-state index in [-0.39, 0.29) is 23.6 Å². The summed E-state index contributed by atoms with van der Waals surface area (Å²) in [7, 11) is 1.57. The molecule has 0 aliphatic heterocycles. The minimum atomic E-state index is -0.395. The van der Waals surface area contributed by atoms with Crippen molar-refractivity contribution in [3.05, 3.63) is 56.8 Å². The predicted molar refractivity (Wildman–Crippen MR) is 75.9 cm³/mol. The molecule has 0 aliphatic carbocycles. The van der Waals surface area contributed by atoms with E-state index < -0.39 is 5.91 Å². The monoisotopic (exact) mass is 339 g/mol. The molecule has 0 radical (unpaired) electrons. The van der Waals surface area contributed by atoms with Gasteiger partial charge in [0, 0.05) is 23.9 Å². The first-order valence-corrected chi connectivity index (χ1v) is 6.52. The maximum Gasteiger partial charge on any atom is 0.293 e. The van der Waals surface area contributed by atoms with Crippen molar-refractivity contribution in [1.82, 2.24) is 9.55 Å². The average Bonchev–Trinajstić information content (AvgIpc) is 2.38. The Morgan fingerprint density at radius 2 is 2.25 bits per heavy atom. The van der Waals surface area contributed by atoms with Gasteiger partial charge in [-0.25, -0.2) is 9.37 Å². The smallest absolute Gasteiger partial charge is 0.293 e. The van der Waals surface area contributed by atoms with Crippen molar-refractivity contribution in [3.8, 4) is 0 Å². The van der Waals surface area contributed by atoms with E-state index in [1.54, 1.807) is 7.05 Å². The van der Waals surface area contributed by atoms with Crippen LogP contribution in [0.4, 0.5) is 10.2 Å². The van der Waals surface area contributed by atoms with Crippen LogP contribution in [0.15, 0.2) is 39.9 Å². The second-order valence-electron chi connectivity index (χ2n) is 4.15. The molecule has 0 bridgehead atoms. The third kappa shape index (κ3) is 3.30. The predicted octanol–water partition coefficient (Wildman–Crippen LogP) is 1.86. The molecule has 1 aromatic carbocycles. The van der Waals surface area contributed by atoms with Gasteiger partial charge in [-0.05, 0) is 17.7 Å². The summed E-state index contributed by atoms with van der Waals surface area (Å²) in [5, 5.41) is 2.44. The fourth-order valence-electron chi connectivity index (χ4n) is 1.60. The van der Waals surface area contributed by atoms with Crippen molar-refractivity contribution < 1.29 is 9.18 Å². The van der Waals surface area contributed by atoms with E-state index in [1.165, 1.54) is 35.2 Å². The topological polar surface area (TPSA) is 64.0 Å². The molecule has 1 heterocycles. The van der Waals surface area contributed by atoms with Crippen LogP contribution in [0.5, 0.6) is 0 Å². The second kappa shape index (κ2) is 5.96. The van der Waals surface area contributed by atoms with Gasteiger partial charge in [-0.15, -0.1) is 0 Å². The van der Waals surface area contributed by atoms with E-state index >= 15 is 0 Å². The number of benzene rings is 1. The Labute approximate surface area is 122 Å². The number of aryl methyl sites for hydroxylation is 1. The minimum absolute atomic E-state index is 0.0145. The Hall–Kier alpha value is -2.02. The number of rotatable bonds is 3. The van der Waals surface area contributed by atoms with Gasteiger partial charge in [-0.2, -0.15) is 0 Å². The molecule has 0 spiro atoms. The number of aromatic nitrogens is 2. The highest BCUT2D eigenvalue weighted by Crippen LogP contribution is 2.18. The van der Waals surface area contributed by atoms with Crippen molar-refractivity contribution in [3.63, 3.8) is 0 Å². The molecule has 104 valence electrons. The third-order valence-corrected chi connectivity index (χ3v) is 3.38. The molecule has 20 heavy (non-hydrogen) atoms. The van der Waals surface area contributed by atoms with Crippen LogP contribution in [-0.4, -0.2) is 15.5 Å². The van der Waals surface area contributed by atoms with Gasteiger partial charge in [0.05, 0.1) is 6.42 Å². The first-order valence-electron chi connectivity index (χ1n) is 5.73. The van der Waals surface area contributed by atoms with Gasteiger partial charge in [-0.1, -0.05) is 22.0 Å². The lowest BCUT2D eigenvalue weighted by Gasteiger charge is -2.06. The Morgan fingerprint density at radius 1 is 1.50 bits per heavy atom. The summed E-state index contributed by atoms with van der Waals surface area (Å²) >= 11 is 3.19. The molecule has 0 aliphatic rings. The van der Waals surface area contributed by atoms with Gasteiger partial charge in [0.25, 0.3) is 5.56 Å². The molecule has 1 N–H and O–H groups in total. The SMILES string of the molecule is Cn1ccnc(NC(=O)Cc2ccc(F)cc2Br)c1=O. The zero-order chi connectivity index (χ0) is 14.7. The van der Waals surface area contributed by atoms with Crippen molar-refractivity contribution in [2.75, 3.05) is 5.32 Å². The molecular weight excluding hydrogens is 329 g/mol. The number of carbonyl (C=O) groups is 1. The Bertz CT molecular complexity index is 715. The zero-order valence-electron chi connectivity index (χ0n) is 10.6. The van der Waals surface area contributed by atoms with Crippen LogP contribution in [0.1, 0.15) is 5.56 Å². The van der Waals surface area contributed by atoms with Crippen LogP contribution < -0.4 is 10.9 Å². The molecule has 0 saturated heterocycles. The van der Waals surface area contributed by atoms with Gasteiger partial charge in [0.2, 0.25) is 5.91 Å². The number of carbonyl (C=O) groups excluding carboxylic acids is 1. The molecule has 0 atom stereocenters. The third-order valence-electron chi connectivity index (χ3n) is 2.64. The summed E-state index contributed by atoms with van der Waals surface area (Å²) in [6.07, 6.45) is 2.93. The summed E-state index contributed by atoms with van der Waals surface area (Å²) < 4.78 is 14.8. The molecule has 0 unspecified atom stereocenters. The van der Waals surface area contributed by atoms with E-state index in [0.717, 1.165) is 0 Å². The molecule has 2 aromatic rings. The van der Waals surface area contributed by atoms with Crippen molar-refractivity contribution >= 4 is 27.7 Å². The lowest BCUT2D eigenvalue weighted by molar-refractivity contribution is -0.115. The molecule has 1 aromatic heterocycles. The van der Waals surface area contributed by atoms with Gasteiger partial charge in [-0.3, -0.25) is 9.59 Å². The normalized spacial score (nSPS) is 10.3. The van der Waals surface area contributed by atoms with Crippen LogP contribution in [0, 0.1) is 5.82 Å². The van der Waals surface area contributed by atoms with Crippen LogP contribution >= 0.6 is 15.9 Å². The summed E-state index contributed by atoms with van der Waals surface area (Å²) in [4.78, 5) is 27.4. The summed E-state index contributed by atoms with van der Waals surface area (Å²) in [5.41, 5.74) is 0.232. The molecule has 2 rings (SSSR count). The van der Waals surface area contributed by atoms with Gasteiger partial charge < -0.3 is 9.88 Å². The van der Waals surface area contributed by atoms with Crippen LogP contribution in [-0.2, 0) is 18.3 Å². The molecule has 1 amide bonds. The average molecular weight is 340 g/mol. The second-order valence-corrected chi connectivity index (χ2v) is 5.01. The number of hydrogen-bond donors (Lipinski definition) is 1. The summed E-state index contributed by atoms with van der Waals surface area (Å²) in [5.74, 6) is -0.814. The van der Waals surface area contributed by atoms with Crippen molar-refractivity contribution in [1.29, 1.82) is 0 Å². The number of nitrogens with zero attached hydrogens (tertiary/aromatic N) is 2. The molecule has 5 nitrogen and oxygen atoms in total. The fraction of sp³-hybridized carbons (Fsp3) is 0.154. The van der Waals surface area contributed by atoms with E-state index in [0.29, 0.717) is 10.0 Å². The number of nitrogens with one attached hydrogen (secondary N) is 1. The van der Waals surface area contributed by atoms with Gasteiger partial charge in [0.1, 0.15) is 5.82 Å². The fourth-order valence-corrected chi connectivity index (χ4v) is 2.09. The summed E-state index contributed by atoms with van der Waals surface area (Å²) in [6, 6.07) is 4.06. The van der Waals surface area contributed by atoms with E-state index in [1.807, 2.05) is 0 Å². The highest BCUT2D eigenvalue weighted by atomic mass is 79.9. The zero-order valence-corrected chi connectivity index (χ0v) is 12.1. The first-order chi connectivity index (χ1) is 9.47. The van der Waals surface area contributed by atoms with Crippen LogP contribution in [0.25, 0.3) is 0 Å². The highest BCUT2D eigenvalue weighted by Gasteiger charge is 2.11. The Morgan fingerprint density at radius 3 is 2.95 bits per heavy atom. The van der Waals surface area contributed by atoms with Gasteiger partial charge in [0.15, 0.2) is 5.82 Å². The Kier molecular flexibility index (Phi) is 4.29. The number of amides is 1. The van der Waals surface area contributed by atoms with Crippen LogP contribution in [0.2, 0.25) is 0 Å². The molecule has 0 saturated carbocycles. The van der Waals surface area contributed by atoms with E-state index in [2.05, 4.69) is 26.2 Å². The first kappa shape index (κ1) is 14.4. The van der Waals surface area contributed by atoms with Crippen LogP contribution in [0.3, 0.4) is 0 Å². The molecule has 0 fully saturated rings. The highest BCUT2D eigenvalue weighted by molar-refractivity contribution is 9.10. The lowest BCUT2D eigenvalue weighted by atomic mass is 10.1. The maximum absolute atomic E-state index is 12.9. The van der Waals surface area contributed by atoms with Gasteiger partial charge >= 0.3 is 0 Å². The Balaban J connectivity index is 2.13. The quantitative estimate of drug-likeness (QED) is 0.928. The number of anilines is 1.